The summed E-state index contributed by atoms with van der Waals surface area (Å²) in [6.45, 7) is 6.66. The van der Waals surface area contributed by atoms with Crippen molar-refractivity contribution < 1.29 is 9.47 Å². The van der Waals surface area contributed by atoms with Gasteiger partial charge < -0.3 is 14.8 Å². The standard InChI is InChI=1S/C20H25ClN2O2.2ClH/c1-2-20(23-12-10-22-11-13-23)25-18-8-5-7-17(14-18)24-15-16-6-3-4-9-19(16)21;;/h3-9,14,20,22H,2,10-13,15H2,1H3;2*1H. The summed E-state index contributed by atoms with van der Waals surface area (Å²) < 4.78 is 12.1. The number of halogens is 3. The lowest BCUT2D eigenvalue weighted by Crippen LogP contribution is -2.50. The highest BCUT2D eigenvalue weighted by atomic mass is 35.5. The topological polar surface area (TPSA) is 33.7 Å². The third-order valence-corrected chi connectivity index (χ3v) is 4.71. The normalized spacial score (nSPS) is 15.2. The molecule has 0 aliphatic carbocycles. The van der Waals surface area contributed by atoms with E-state index >= 15 is 0 Å². The van der Waals surface area contributed by atoms with Gasteiger partial charge in [0.05, 0.1) is 0 Å². The van der Waals surface area contributed by atoms with Gasteiger partial charge in [0, 0.05) is 42.8 Å². The van der Waals surface area contributed by atoms with E-state index in [0.717, 1.165) is 54.7 Å². The molecule has 0 spiro atoms. The Morgan fingerprint density at radius 2 is 1.74 bits per heavy atom. The molecule has 2 aromatic rings. The monoisotopic (exact) mass is 432 g/mol. The van der Waals surface area contributed by atoms with E-state index in [1.165, 1.54) is 0 Å². The van der Waals surface area contributed by atoms with Gasteiger partial charge in [0.15, 0.2) is 6.23 Å². The third kappa shape index (κ3) is 7.05. The predicted molar refractivity (Wildman–Crippen MR) is 116 cm³/mol. The number of hydrogen-bond acceptors (Lipinski definition) is 4. The molecule has 4 nitrogen and oxygen atoms in total. The highest BCUT2D eigenvalue weighted by Crippen LogP contribution is 2.24. The zero-order valence-electron chi connectivity index (χ0n) is 15.4. The minimum absolute atomic E-state index is 0. The highest BCUT2D eigenvalue weighted by Gasteiger charge is 2.20. The zero-order valence-corrected chi connectivity index (χ0v) is 17.8. The van der Waals surface area contributed by atoms with Crippen LogP contribution < -0.4 is 14.8 Å². The number of hydrogen-bond donors (Lipinski definition) is 1. The van der Waals surface area contributed by atoms with Crippen molar-refractivity contribution in [3.05, 3.63) is 59.1 Å². The van der Waals surface area contributed by atoms with Crippen molar-refractivity contribution in [3.63, 3.8) is 0 Å². The zero-order chi connectivity index (χ0) is 17.5. The van der Waals surface area contributed by atoms with E-state index in [2.05, 4.69) is 17.1 Å². The van der Waals surface area contributed by atoms with Gasteiger partial charge in [0.2, 0.25) is 0 Å². The lowest BCUT2D eigenvalue weighted by molar-refractivity contribution is 0.0142. The molecular formula is C20H27Cl3N2O2. The Morgan fingerprint density at radius 3 is 2.44 bits per heavy atom. The molecular weight excluding hydrogens is 407 g/mol. The molecule has 1 saturated heterocycles. The Bertz CT molecular complexity index is 682. The first-order valence-corrected chi connectivity index (χ1v) is 9.21. The molecule has 1 atom stereocenters. The van der Waals surface area contributed by atoms with Gasteiger partial charge in [-0.3, -0.25) is 4.90 Å². The summed E-state index contributed by atoms with van der Waals surface area (Å²) in [4.78, 5) is 2.38. The molecule has 1 aliphatic heterocycles. The molecule has 1 heterocycles. The Kier molecular flexibility index (Phi) is 10.9. The summed E-state index contributed by atoms with van der Waals surface area (Å²) in [6, 6.07) is 15.6. The molecule has 7 heteroatoms. The highest BCUT2D eigenvalue weighted by molar-refractivity contribution is 6.31. The third-order valence-electron chi connectivity index (χ3n) is 4.34. The van der Waals surface area contributed by atoms with Crippen LogP contribution in [0.1, 0.15) is 18.9 Å². The second kappa shape index (κ2) is 12.3. The maximum atomic E-state index is 6.21. The largest absolute Gasteiger partial charge is 0.489 e. The number of benzene rings is 2. The van der Waals surface area contributed by atoms with Crippen molar-refractivity contribution in [3.8, 4) is 11.5 Å². The van der Waals surface area contributed by atoms with Gasteiger partial charge >= 0.3 is 0 Å². The van der Waals surface area contributed by atoms with Crippen LogP contribution in [0.25, 0.3) is 0 Å². The quantitative estimate of drug-likeness (QED) is 0.681. The SMILES string of the molecule is CCC(Oc1cccc(OCc2ccccc2Cl)c1)N1CCNCC1.Cl.Cl. The molecule has 1 fully saturated rings. The number of rotatable bonds is 7. The Labute approximate surface area is 179 Å². The van der Waals surface area contributed by atoms with E-state index in [1.54, 1.807) is 0 Å². The molecule has 0 aromatic heterocycles. The maximum Gasteiger partial charge on any atom is 0.152 e. The molecule has 0 bridgehead atoms. The van der Waals surface area contributed by atoms with Gasteiger partial charge in [-0.05, 0) is 24.6 Å². The fraction of sp³-hybridized carbons (Fsp3) is 0.400. The molecule has 150 valence electrons. The molecule has 3 rings (SSSR count). The molecule has 27 heavy (non-hydrogen) atoms. The molecule has 1 N–H and O–H groups in total. The van der Waals surface area contributed by atoms with Crippen molar-refractivity contribution in [1.29, 1.82) is 0 Å². The molecule has 0 amide bonds. The summed E-state index contributed by atoms with van der Waals surface area (Å²) >= 11 is 6.18. The molecule has 1 aliphatic rings. The lowest BCUT2D eigenvalue weighted by atomic mass is 10.2. The fourth-order valence-electron chi connectivity index (χ4n) is 2.96. The first-order valence-electron chi connectivity index (χ1n) is 8.84. The maximum absolute atomic E-state index is 6.21. The van der Waals surface area contributed by atoms with Crippen LogP contribution in [0.4, 0.5) is 0 Å². The van der Waals surface area contributed by atoms with Gasteiger partial charge in [-0.15, -0.1) is 24.8 Å². The van der Waals surface area contributed by atoms with Gasteiger partial charge in [-0.25, -0.2) is 0 Å². The van der Waals surface area contributed by atoms with Crippen LogP contribution >= 0.6 is 36.4 Å². The Balaban J connectivity index is 0.00000182. The summed E-state index contributed by atoms with van der Waals surface area (Å²) in [5, 5.41) is 4.10. The summed E-state index contributed by atoms with van der Waals surface area (Å²) in [5.41, 5.74) is 0.975. The van der Waals surface area contributed by atoms with Gasteiger partial charge in [0.25, 0.3) is 0 Å². The van der Waals surface area contributed by atoms with Gasteiger partial charge in [-0.2, -0.15) is 0 Å². The van der Waals surface area contributed by atoms with E-state index in [4.69, 9.17) is 21.1 Å². The van der Waals surface area contributed by atoms with Gasteiger partial charge in [-0.1, -0.05) is 42.8 Å². The van der Waals surface area contributed by atoms with Crippen molar-refractivity contribution in [2.75, 3.05) is 26.2 Å². The van der Waals surface area contributed by atoms with Crippen molar-refractivity contribution in [2.45, 2.75) is 26.2 Å². The first-order chi connectivity index (χ1) is 12.3. The van der Waals surface area contributed by atoms with E-state index in [9.17, 15) is 0 Å². The van der Waals surface area contributed by atoms with Crippen LogP contribution in [0.5, 0.6) is 11.5 Å². The lowest BCUT2D eigenvalue weighted by Gasteiger charge is -2.34. The fourth-order valence-corrected chi connectivity index (χ4v) is 3.15. The van der Waals surface area contributed by atoms with Crippen molar-refractivity contribution >= 4 is 36.4 Å². The minimum atomic E-state index is 0. The summed E-state index contributed by atoms with van der Waals surface area (Å²) in [7, 11) is 0. The van der Waals surface area contributed by atoms with Crippen LogP contribution in [-0.4, -0.2) is 37.3 Å². The van der Waals surface area contributed by atoms with E-state index in [1.807, 2.05) is 48.5 Å². The smallest absolute Gasteiger partial charge is 0.152 e. The molecule has 1 unspecified atom stereocenters. The Hall–Kier alpha value is -1.17. The second-order valence-electron chi connectivity index (χ2n) is 6.12. The van der Waals surface area contributed by atoms with Crippen LogP contribution in [0, 0.1) is 0 Å². The molecule has 0 saturated carbocycles. The number of nitrogens with zero attached hydrogens (tertiary/aromatic N) is 1. The van der Waals surface area contributed by atoms with Crippen LogP contribution in [0.3, 0.4) is 0 Å². The number of ether oxygens (including phenoxy) is 2. The van der Waals surface area contributed by atoms with E-state index in [-0.39, 0.29) is 31.0 Å². The second-order valence-corrected chi connectivity index (χ2v) is 6.53. The van der Waals surface area contributed by atoms with Crippen LogP contribution in [-0.2, 0) is 6.61 Å². The van der Waals surface area contributed by atoms with E-state index in [0.29, 0.717) is 6.61 Å². The number of piperazine rings is 1. The molecule has 0 radical (unpaired) electrons. The van der Waals surface area contributed by atoms with Crippen LogP contribution in [0.15, 0.2) is 48.5 Å². The van der Waals surface area contributed by atoms with Gasteiger partial charge in [0.1, 0.15) is 18.1 Å². The van der Waals surface area contributed by atoms with Crippen LogP contribution in [0.2, 0.25) is 5.02 Å². The van der Waals surface area contributed by atoms with Crippen molar-refractivity contribution in [2.24, 2.45) is 0 Å². The predicted octanol–water partition coefficient (Wildman–Crippen LogP) is 4.78. The molecule has 2 aromatic carbocycles. The first kappa shape index (κ1) is 23.9. The Morgan fingerprint density at radius 1 is 1.04 bits per heavy atom. The van der Waals surface area contributed by atoms with Crippen molar-refractivity contribution in [1.82, 2.24) is 10.2 Å². The van der Waals surface area contributed by atoms with E-state index < -0.39 is 0 Å². The summed E-state index contributed by atoms with van der Waals surface area (Å²) in [5.74, 6) is 1.62. The average Bonchev–Trinajstić information content (AvgIpc) is 2.66. The minimum Gasteiger partial charge on any atom is -0.489 e. The summed E-state index contributed by atoms with van der Waals surface area (Å²) in [6.07, 6.45) is 1.05. The average molecular weight is 434 g/mol. The number of nitrogens with one attached hydrogen (secondary N) is 1.